The van der Waals surface area contributed by atoms with Crippen LogP contribution < -0.4 is 9.47 Å². The highest BCUT2D eigenvalue weighted by molar-refractivity contribution is 6.06. The Labute approximate surface area is 344 Å². The lowest BCUT2D eigenvalue weighted by Crippen LogP contribution is -2.20. The van der Waals surface area contributed by atoms with Gasteiger partial charge >= 0.3 is 0 Å². The van der Waals surface area contributed by atoms with Crippen molar-refractivity contribution in [3.63, 3.8) is 0 Å². The zero-order valence-corrected chi connectivity index (χ0v) is 32.2. The summed E-state index contributed by atoms with van der Waals surface area (Å²) in [6, 6.07) is 51.4. The molecule has 2 aliphatic rings. The van der Waals surface area contributed by atoms with Crippen LogP contribution in [-0.2, 0) is 6.42 Å². The second kappa shape index (κ2) is 13.9. The number of hydrogen-bond acceptors (Lipinski definition) is 8. The van der Waals surface area contributed by atoms with E-state index < -0.39 is 12.2 Å². The molecule has 10 aromatic rings. The number of fused-ring (bicyclic) bond motifs is 6. The molecule has 2 aliphatic heterocycles. The highest BCUT2D eigenvalue weighted by Crippen LogP contribution is 2.49. The zero-order chi connectivity index (χ0) is 39.6. The first-order valence-electron chi connectivity index (χ1n) is 20.2. The summed E-state index contributed by atoms with van der Waals surface area (Å²) in [6.07, 6.45) is 6.74. The van der Waals surface area contributed by atoms with Gasteiger partial charge in [0, 0.05) is 50.0 Å². The van der Waals surface area contributed by atoms with Crippen LogP contribution in [0.4, 0.5) is 0 Å². The third kappa shape index (κ3) is 5.75. The van der Waals surface area contributed by atoms with E-state index in [0.29, 0.717) is 23.5 Å². The molecule has 60 heavy (non-hydrogen) atoms. The number of ether oxygens (including phenoxy) is 2. The van der Waals surface area contributed by atoms with Crippen LogP contribution in [0.5, 0.6) is 11.5 Å². The molecule has 0 saturated heterocycles. The predicted molar refractivity (Wildman–Crippen MR) is 237 cm³/mol. The van der Waals surface area contributed by atoms with Crippen LogP contribution in [0.1, 0.15) is 41.0 Å². The van der Waals surface area contributed by atoms with Crippen molar-refractivity contribution in [1.82, 2.24) is 30.1 Å². The lowest BCUT2D eigenvalue weighted by atomic mass is 9.85. The number of rotatable bonds is 5. The van der Waals surface area contributed by atoms with Crippen molar-refractivity contribution in [3.05, 3.63) is 186 Å². The number of hydrogen-bond donors (Lipinski definition) is 0. The molecule has 0 bridgehead atoms. The van der Waals surface area contributed by atoms with E-state index in [9.17, 15) is 0 Å². The molecule has 0 spiro atoms. The molecule has 8 heteroatoms. The summed E-state index contributed by atoms with van der Waals surface area (Å²) >= 11 is 0. The molecule has 0 amide bonds. The molecule has 12 rings (SSSR count). The Hall–Kier alpha value is -7.84. The summed E-state index contributed by atoms with van der Waals surface area (Å²) < 4.78 is 14.0. The molecule has 4 aromatic heterocycles. The van der Waals surface area contributed by atoms with Crippen molar-refractivity contribution >= 4 is 49.6 Å². The molecular formula is C52H34N6O2. The second-order valence-electron chi connectivity index (χ2n) is 15.3. The SMILES string of the molecule is C1=CC(c2c(-c3nccc4ccccc34)c(-c3ccc4ccccc4n3)cc3nc(-c4cc5ccccc5nn4)nc(C4CCc5ccccc5O4)c23)Oc2ccccc21. The van der Waals surface area contributed by atoms with E-state index in [1.807, 2.05) is 79.0 Å². The lowest BCUT2D eigenvalue weighted by Gasteiger charge is -2.30. The van der Waals surface area contributed by atoms with E-state index in [0.717, 1.165) is 95.2 Å². The van der Waals surface area contributed by atoms with Crippen LogP contribution in [0.2, 0.25) is 0 Å². The average Bonchev–Trinajstić information content (AvgIpc) is 3.32. The Morgan fingerprint density at radius 3 is 2.28 bits per heavy atom. The molecule has 284 valence electrons. The summed E-state index contributed by atoms with van der Waals surface area (Å²) in [5, 5.41) is 14.2. The van der Waals surface area contributed by atoms with Crippen molar-refractivity contribution in [1.29, 1.82) is 0 Å². The van der Waals surface area contributed by atoms with Gasteiger partial charge in [0.05, 0.1) is 33.6 Å². The van der Waals surface area contributed by atoms with Crippen LogP contribution in [0, 0.1) is 0 Å². The standard InChI is InChI=1S/C52H34N6O2/c1-6-16-36-31(11-1)27-28-53-50(36)47-37(40-24-21-32-12-2-7-17-38(32)54-40)30-41-48(49(47)45-25-22-33-13-4-9-19-43(33)59-45)51(46-26-23-34-14-5-10-20-44(34)60-46)56-52(55-41)42-29-35-15-3-8-18-39(35)57-58-42/h1-22,24-25,27-30,45-46H,23,26H2. The van der Waals surface area contributed by atoms with E-state index in [1.54, 1.807) is 0 Å². The molecule has 0 N–H and O–H groups in total. The summed E-state index contributed by atoms with van der Waals surface area (Å²) in [7, 11) is 0. The van der Waals surface area contributed by atoms with Gasteiger partial charge < -0.3 is 9.47 Å². The topological polar surface area (TPSA) is 95.8 Å². The second-order valence-corrected chi connectivity index (χ2v) is 15.3. The van der Waals surface area contributed by atoms with Crippen molar-refractivity contribution in [2.45, 2.75) is 25.0 Å². The maximum atomic E-state index is 7.07. The van der Waals surface area contributed by atoms with Crippen molar-refractivity contribution < 1.29 is 9.47 Å². The Morgan fingerprint density at radius 1 is 0.567 bits per heavy atom. The van der Waals surface area contributed by atoms with Gasteiger partial charge in [-0.1, -0.05) is 109 Å². The largest absolute Gasteiger partial charge is 0.484 e. The monoisotopic (exact) mass is 774 g/mol. The van der Waals surface area contributed by atoms with Crippen LogP contribution >= 0.6 is 0 Å². The van der Waals surface area contributed by atoms with Crippen LogP contribution in [-0.4, -0.2) is 30.1 Å². The smallest absolute Gasteiger partial charge is 0.181 e. The molecule has 8 nitrogen and oxygen atoms in total. The molecule has 0 fully saturated rings. The van der Waals surface area contributed by atoms with Gasteiger partial charge in [-0.15, -0.1) is 10.2 Å². The zero-order valence-electron chi connectivity index (χ0n) is 32.2. The maximum Gasteiger partial charge on any atom is 0.181 e. The highest BCUT2D eigenvalue weighted by Gasteiger charge is 2.34. The van der Waals surface area contributed by atoms with E-state index in [-0.39, 0.29) is 0 Å². The average molecular weight is 775 g/mol. The molecule has 0 saturated carbocycles. The number of aryl methyl sites for hydroxylation is 1. The fourth-order valence-electron chi connectivity index (χ4n) is 8.84. The van der Waals surface area contributed by atoms with E-state index >= 15 is 0 Å². The van der Waals surface area contributed by atoms with Gasteiger partial charge in [0.1, 0.15) is 29.4 Å². The number of aromatic nitrogens is 6. The van der Waals surface area contributed by atoms with Crippen molar-refractivity contribution in [3.8, 4) is 45.5 Å². The maximum absolute atomic E-state index is 7.07. The fourth-order valence-corrected chi connectivity index (χ4v) is 8.84. The molecule has 2 atom stereocenters. The van der Waals surface area contributed by atoms with Gasteiger partial charge in [0.15, 0.2) is 5.82 Å². The first-order chi connectivity index (χ1) is 29.7. The molecule has 6 heterocycles. The van der Waals surface area contributed by atoms with Gasteiger partial charge in [-0.05, 0) is 78.4 Å². The Bertz CT molecular complexity index is 3380. The van der Waals surface area contributed by atoms with Crippen LogP contribution in [0.3, 0.4) is 0 Å². The predicted octanol–water partition coefficient (Wildman–Crippen LogP) is 11.9. The van der Waals surface area contributed by atoms with Crippen LogP contribution in [0.25, 0.3) is 83.6 Å². The normalized spacial score (nSPS) is 15.7. The minimum absolute atomic E-state index is 0.408. The number of para-hydroxylation sites is 3. The first kappa shape index (κ1) is 34.2. The lowest BCUT2D eigenvalue weighted by molar-refractivity contribution is 0.173. The number of pyridine rings is 2. The number of nitrogens with zero attached hydrogens (tertiary/aromatic N) is 6. The quantitative estimate of drug-likeness (QED) is 0.171. The van der Waals surface area contributed by atoms with Gasteiger partial charge in [-0.3, -0.25) is 4.98 Å². The summed E-state index contributed by atoms with van der Waals surface area (Å²) in [5.41, 5.74) is 10.2. The third-order valence-corrected chi connectivity index (χ3v) is 11.7. The van der Waals surface area contributed by atoms with E-state index in [2.05, 4.69) is 101 Å². The van der Waals surface area contributed by atoms with Crippen molar-refractivity contribution in [2.75, 3.05) is 0 Å². The van der Waals surface area contributed by atoms with Gasteiger partial charge in [0.2, 0.25) is 0 Å². The molecule has 0 radical (unpaired) electrons. The molecule has 6 aromatic carbocycles. The molecular weight excluding hydrogens is 741 g/mol. The van der Waals surface area contributed by atoms with Gasteiger partial charge in [0.25, 0.3) is 0 Å². The minimum Gasteiger partial charge on any atom is -0.484 e. The van der Waals surface area contributed by atoms with Crippen LogP contribution in [0.15, 0.2) is 164 Å². The summed E-state index contributed by atoms with van der Waals surface area (Å²) in [4.78, 5) is 21.4. The molecule has 0 aliphatic carbocycles. The van der Waals surface area contributed by atoms with E-state index in [4.69, 9.17) is 29.4 Å². The Kier molecular flexibility index (Phi) is 7.94. The van der Waals surface area contributed by atoms with Crippen molar-refractivity contribution in [2.24, 2.45) is 0 Å². The summed E-state index contributed by atoms with van der Waals surface area (Å²) in [5.74, 6) is 2.10. The van der Waals surface area contributed by atoms with Gasteiger partial charge in [-0.25, -0.2) is 15.0 Å². The van der Waals surface area contributed by atoms with E-state index in [1.165, 1.54) is 5.56 Å². The summed E-state index contributed by atoms with van der Waals surface area (Å²) in [6.45, 7) is 0. The third-order valence-electron chi connectivity index (χ3n) is 11.7. The van der Waals surface area contributed by atoms with Gasteiger partial charge in [-0.2, -0.15) is 0 Å². The first-order valence-corrected chi connectivity index (χ1v) is 20.2. The number of benzene rings is 6. The Balaban J connectivity index is 1.23. The highest BCUT2D eigenvalue weighted by atomic mass is 16.5. The Morgan fingerprint density at radius 2 is 1.35 bits per heavy atom. The molecule has 2 unspecified atom stereocenters. The fraction of sp³-hybridized carbons (Fsp3) is 0.0769. The minimum atomic E-state index is -0.553.